The van der Waals surface area contributed by atoms with Crippen LogP contribution in [0.4, 0.5) is 11.4 Å². The quantitative estimate of drug-likeness (QED) is 0.708. The van der Waals surface area contributed by atoms with Crippen molar-refractivity contribution >= 4 is 11.4 Å². The minimum atomic E-state index is 0.757. The summed E-state index contributed by atoms with van der Waals surface area (Å²) >= 11 is 0. The second-order valence-corrected chi connectivity index (χ2v) is 3.57. The van der Waals surface area contributed by atoms with E-state index < -0.39 is 0 Å². The van der Waals surface area contributed by atoms with Crippen LogP contribution < -0.4 is 10.6 Å². The van der Waals surface area contributed by atoms with Gasteiger partial charge in [0.05, 0.1) is 23.3 Å². The molecule has 2 rings (SSSR count). The van der Waals surface area contributed by atoms with E-state index in [1.807, 2.05) is 13.0 Å². The lowest BCUT2D eigenvalue weighted by molar-refractivity contribution is 0.949. The highest BCUT2D eigenvalue weighted by atomic mass is 15.2. The van der Waals surface area contributed by atoms with Gasteiger partial charge in [0.2, 0.25) is 0 Å². The Morgan fingerprint density at radius 2 is 2.08 bits per heavy atom. The summed E-state index contributed by atoms with van der Waals surface area (Å²) in [5.41, 5.74) is 8.75. The highest BCUT2D eigenvalue weighted by Gasteiger charge is 2.14. The lowest BCUT2D eigenvalue weighted by Gasteiger charge is -2.19. The maximum absolute atomic E-state index is 5.71. The van der Waals surface area contributed by atoms with E-state index in [0.29, 0.717) is 0 Å². The number of pyridine rings is 1. The zero-order chi connectivity index (χ0) is 9.26. The largest absolute Gasteiger partial charge is 0.397 e. The number of hydrogen-bond donors (Lipinski definition) is 1. The molecule has 1 aliphatic rings. The van der Waals surface area contributed by atoms with E-state index >= 15 is 0 Å². The molecule has 1 aliphatic heterocycles. The highest BCUT2D eigenvalue weighted by molar-refractivity contribution is 5.57. The molecule has 1 saturated heterocycles. The van der Waals surface area contributed by atoms with Gasteiger partial charge in [-0.1, -0.05) is 0 Å². The third-order valence-electron chi connectivity index (χ3n) is 2.53. The van der Waals surface area contributed by atoms with Crippen molar-refractivity contribution in [3.05, 3.63) is 18.0 Å². The van der Waals surface area contributed by atoms with Gasteiger partial charge in [-0.15, -0.1) is 0 Å². The average molecular weight is 177 g/mol. The molecule has 3 nitrogen and oxygen atoms in total. The van der Waals surface area contributed by atoms with Crippen LogP contribution in [-0.2, 0) is 0 Å². The minimum Gasteiger partial charge on any atom is -0.397 e. The molecule has 1 aromatic rings. The highest BCUT2D eigenvalue weighted by Crippen LogP contribution is 2.24. The Kier molecular flexibility index (Phi) is 2.08. The molecule has 0 spiro atoms. The van der Waals surface area contributed by atoms with Gasteiger partial charge < -0.3 is 10.6 Å². The van der Waals surface area contributed by atoms with Crippen LogP contribution in [0.15, 0.2) is 12.3 Å². The molecule has 0 unspecified atom stereocenters. The standard InChI is InChI=1S/C10H15N3/c1-8-10(6-9(11)7-12-8)13-4-2-3-5-13/h6-7H,2-5,11H2,1H3. The van der Waals surface area contributed by atoms with E-state index in [1.54, 1.807) is 6.20 Å². The summed E-state index contributed by atoms with van der Waals surface area (Å²) in [6.07, 6.45) is 4.29. The van der Waals surface area contributed by atoms with Crippen molar-refractivity contribution in [2.45, 2.75) is 19.8 Å². The molecule has 2 heterocycles. The Morgan fingerprint density at radius 1 is 1.38 bits per heavy atom. The molecule has 70 valence electrons. The number of nitrogens with zero attached hydrogens (tertiary/aromatic N) is 2. The first-order valence-electron chi connectivity index (χ1n) is 4.74. The van der Waals surface area contributed by atoms with Gasteiger partial charge in [0.15, 0.2) is 0 Å². The van der Waals surface area contributed by atoms with Crippen LogP contribution >= 0.6 is 0 Å². The third-order valence-corrected chi connectivity index (χ3v) is 2.53. The Labute approximate surface area is 78.6 Å². The summed E-state index contributed by atoms with van der Waals surface area (Å²) in [5, 5.41) is 0. The van der Waals surface area contributed by atoms with E-state index in [9.17, 15) is 0 Å². The van der Waals surface area contributed by atoms with Crippen LogP contribution in [0.5, 0.6) is 0 Å². The van der Waals surface area contributed by atoms with Crippen molar-refractivity contribution in [1.82, 2.24) is 4.98 Å². The van der Waals surface area contributed by atoms with E-state index in [0.717, 1.165) is 24.5 Å². The molecule has 0 amide bonds. The number of aryl methyl sites for hydroxylation is 1. The average Bonchev–Trinajstić information content (AvgIpc) is 2.61. The molecule has 2 N–H and O–H groups in total. The summed E-state index contributed by atoms with van der Waals surface area (Å²) < 4.78 is 0. The molecular weight excluding hydrogens is 162 g/mol. The zero-order valence-corrected chi connectivity index (χ0v) is 7.95. The summed E-state index contributed by atoms with van der Waals surface area (Å²) in [6, 6.07) is 2.02. The first kappa shape index (κ1) is 8.35. The number of rotatable bonds is 1. The van der Waals surface area contributed by atoms with Crippen molar-refractivity contribution in [3.8, 4) is 0 Å². The number of nitrogen functional groups attached to an aromatic ring is 1. The zero-order valence-electron chi connectivity index (χ0n) is 7.95. The fourth-order valence-electron chi connectivity index (χ4n) is 1.82. The lowest BCUT2D eigenvalue weighted by Crippen LogP contribution is -2.19. The third kappa shape index (κ3) is 1.59. The van der Waals surface area contributed by atoms with Crippen LogP contribution in [0.1, 0.15) is 18.5 Å². The monoisotopic (exact) mass is 177 g/mol. The molecule has 0 radical (unpaired) electrons. The second-order valence-electron chi connectivity index (χ2n) is 3.57. The van der Waals surface area contributed by atoms with E-state index in [1.165, 1.54) is 18.5 Å². The van der Waals surface area contributed by atoms with Crippen LogP contribution in [0.25, 0.3) is 0 Å². The predicted molar refractivity (Wildman–Crippen MR) is 54.8 cm³/mol. The lowest BCUT2D eigenvalue weighted by atomic mass is 10.2. The van der Waals surface area contributed by atoms with Gasteiger partial charge in [0.1, 0.15) is 0 Å². The minimum absolute atomic E-state index is 0.757. The van der Waals surface area contributed by atoms with Gasteiger partial charge >= 0.3 is 0 Å². The van der Waals surface area contributed by atoms with Gasteiger partial charge in [-0.05, 0) is 25.8 Å². The van der Waals surface area contributed by atoms with E-state index in [4.69, 9.17) is 5.73 Å². The summed E-state index contributed by atoms with van der Waals surface area (Å²) in [5.74, 6) is 0. The maximum atomic E-state index is 5.71. The molecule has 3 heteroatoms. The number of anilines is 2. The Morgan fingerprint density at radius 3 is 2.77 bits per heavy atom. The fraction of sp³-hybridized carbons (Fsp3) is 0.500. The molecule has 0 saturated carbocycles. The maximum Gasteiger partial charge on any atom is 0.0607 e. The first-order chi connectivity index (χ1) is 6.27. The fourth-order valence-corrected chi connectivity index (χ4v) is 1.82. The van der Waals surface area contributed by atoms with E-state index in [2.05, 4.69) is 9.88 Å². The van der Waals surface area contributed by atoms with Crippen molar-refractivity contribution in [1.29, 1.82) is 0 Å². The van der Waals surface area contributed by atoms with Crippen LogP contribution in [-0.4, -0.2) is 18.1 Å². The Bertz CT molecular complexity index is 303. The topological polar surface area (TPSA) is 42.1 Å². The molecule has 13 heavy (non-hydrogen) atoms. The van der Waals surface area contributed by atoms with Crippen molar-refractivity contribution in [2.75, 3.05) is 23.7 Å². The number of hydrogen-bond acceptors (Lipinski definition) is 3. The smallest absolute Gasteiger partial charge is 0.0607 e. The Balaban J connectivity index is 2.32. The molecule has 1 fully saturated rings. The van der Waals surface area contributed by atoms with E-state index in [-0.39, 0.29) is 0 Å². The van der Waals surface area contributed by atoms with Gasteiger partial charge in [0.25, 0.3) is 0 Å². The molecule has 0 aromatic carbocycles. The van der Waals surface area contributed by atoms with Gasteiger partial charge in [-0.3, -0.25) is 4.98 Å². The van der Waals surface area contributed by atoms with Gasteiger partial charge in [-0.2, -0.15) is 0 Å². The molecule has 1 aromatic heterocycles. The van der Waals surface area contributed by atoms with Crippen LogP contribution in [0, 0.1) is 6.92 Å². The van der Waals surface area contributed by atoms with Crippen molar-refractivity contribution in [3.63, 3.8) is 0 Å². The SMILES string of the molecule is Cc1ncc(N)cc1N1CCCC1. The second kappa shape index (κ2) is 3.24. The summed E-state index contributed by atoms with van der Waals surface area (Å²) in [6.45, 7) is 4.32. The van der Waals surface area contributed by atoms with Crippen LogP contribution in [0.2, 0.25) is 0 Å². The number of nitrogens with two attached hydrogens (primary N) is 1. The van der Waals surface area contributed by atoms with Crippen LogP contribution in [0.3, 0.4) is 0 Å². The molecular formula is C10H15N3. The molecule has 0 atom stereocenters. The summed E-state index contributed by atoms with van der Waals surface area (Å²) in [4.78, 5) is 6.62. The van der Waals surface area contributed by atoms with Gasteiger partial charge in [0, 0.05) is 13.1 Å². The van der Waals surface area contributed by atoms with Crippen molar-refractivity contribution < 1.29 is 0 Å². The predicted octanol–water partition coefficient (Wildman–Crippen LogP) is 1.57. The molecule has 0 aliphatic carbocycles. The Hall–Kier alpha value is -1.25. The number of aromatic nitrogens is 1. The first-order valence-corrected chi connectivity index (χ1v) is 4.74. The summed E-state index contributed by atoms with van der Waals surface area (Å²) in [7, 11) is 0. The molecule has 0 bridgehead atoms. The normalized spacial score (nSPS) is 16.5. The van der Waals surface area contributed by atoms with Crippen molar-refractivity contribution in [2.24, 2.45) is 0 Å². The van der Waals surface area contributed by atoms with Gasteiger partial charge in [-0.25, -0.2) is 0 Å².